The summed E-state index contributed by atoms with van der Waals surface area (Å²) in [5.74, 6) is -2.48. The number of H-pyrrole nitrogens is 1. The van der Waals surface area contributed by atoms with Crippen LogP contribution in [0.1, 0.15) is 21.6 Å². The number of rotatable bonds is 7. The standard InChI is InChI=1S/C29H27F2N7O3/c1-16-12-25(41-28-19(30)4-3-5-20(28)31)33-15-24(16)38-29(32)18(14-34-38)27(40)22-13-17-21(35-22)6-7-23-26(17)36(2)8-9-37(23)10-11-39/h3-7,12-15,35,39H,8-11,32H2,1-2H3. The number of aromatic nitrogens is 4. The van der Waals surface area contributed by atoms with Gasteiger partial charge in [0.05, 0.1) is 47.3 Å². The van der Waals surface area contributed by atoms with Gasteiger partial charge in [-0.2, -0.15) is 5.10 Å². The Morgan fingerprint density at radius 3 is 2.63 bits per heavy atom. The van der Waals surface area contributed by atoms with E-state index in [1.807, 2.05) is 25.2 Å². The summed E-state index contributed by atoms with van der Waals surface area (Å²) in [5, 5.41) is 14.7. The van der Waals surface area contributed by atoms with Crippen molar-refractivity contribution >= 4 is 33.9 Å². The number of nitrogens with one attached hydrogen (secondary N) is 1. The highest BCUT2D eigenvalue weighted by Crippen LogP contribution is 2.39. The van der Waals surface area contributed by atoms with Crippen LogP contribution in [0.5, 0.6) is 11.6 Å². The fraction of sp³-hybridized carbons (Fsp3) is 0.207. The lowest BCUT2D eigenvalue weighted by Crippen LogP contribution is -2.40. The molecule has 6 rings (SSSR count). The molecular weight excluding hydrogens is 532 g/mol. The molecule has 10 nitrogen and oxygen atoms in total. The van der Waals surface area contributed by atoms with Gasteiger partial charge in [-0.1, -0.05) is 6.07 Å². The molecule has 0 radical (unpaired) electrons. The van der Waals surface area contributed by atoms with Crippen LogP contribution in [0, 0.1) is 18.6 Å². The molecule has 1 aliphatic heterocycles. The number of carbonyl (C=O) groups is 1. The largest absolute Gasteiger partial charge is 0.433 e. The molecule has 3 aromatic heterocycles. The molecule has 0 atom stereocenters. The van der Waals surface area contributed by atoms with E-state index in [1.165, 1.54) is 29.2 Å². The average molecular weight is 560 g/mol. The third-order valence-electron chi connectivity index (χ3n) is 7.26. The van der Waals surface area contributed by atoms with Crippen molar-refractivity contribution in [2.24, 2.45) is 0 Å². The summed E-state index contributed by atoms with van der Waals surface area (Å²) in [7, 11) is 2.00. The molecule has 0 bridgehead atoms. The Morgan fingerprint density at radius 2 is 1.90 bits per heavy atom. The van der Waals surface area contributed by atoms with Crippen molar-refractivity contribution in [3.63, 3.8) is 0 Å². The molecule has 0 spiro atoms. The number of ketones is 1. The van der Waals surface area contributed by atoms with Crippen molar-refractivity contribution in [1.82, 2.24) is 19.7 Å². The number of halogens is 2. The maximum Gasteiger partial charge on any atom is 0.219 e. The zero-order valence-electron chi connectivity index (χ0n) is 22.4. The minimum absolute atomic E-state index is 0.0128. The number of β-amino-alcohol motifs (C(OH)–C–C–N with tert-alkyl or cyclic N) is 1. The first kappa shape index (κ1) is 26.3. The number of aromatic amines is 1. The predicted octanol–water partition coefficient (Wildman–Crippen LogP) is 4.19. The van der Waals surface area contributed by atoms with E-state index in [9.17, 15) is 18.7 Å². The summed E-state index contributed by atoms with van der Waals surface area (Å²) in [6.45, 7) is 3.90. The monoisotopic (exact) mass is 559 g/mol. The smallest absolute Gasteiger partial charge is 0.219 e. The number of nitrogens with zero attached hydrogens (tertiary/aromatic N) is 5. The Hall–Kier alpha value is -4.97. The molecule has 1 aliphatic rings. The van der Waals surface area contributed by atoms with Crippen LogP contribution < -0.4 is 20.3 Å². The van der Waals surface area contributed by atoms with E-state index in [0.29, 0.717) is 23.5 Å². The van der Waals surface area contributed by atoms with Crippen LogP contribution in [0.4, 0.5) is 26.0 Å². The van der Waals surface area contributed by atoms with E-state index in [2.05, 4.69) is 24.9 Å². The minimum atomic E-state index is -0.848. The number of carbonyl (C=O) groups excluding carboxylic acids is 1. The number of likely N-dealkylation sites (N-methyl/N-ethyl adjacent to an activating group) is 1. The normalized spacial score (nSPS) is 13.1. The van der Waals surface area contributed by atoms with Gasteiger partial charge < -0.3 is 30.4 Å². The molecular formula is C29H27F2N7O3. The van der Waals surface area contributed by atoms with Gasteiger partial charge in [0.25, 0.3) is 0 Å². The molecule has 4 heterocycles. The summed E-state index contributed by atoms with van der Waals surface area (Å²) in [4.78, 5) is 25.2. The number of aliphatic hydroxyl groups excluding tert-OH is 1. The Balaban J connectivity index is 1.30. The molecule has 2 aromatic carbocycles. The Kier molecular flexibility index (Phi) is 6.54. The Labute approximate surface area is 233 Å². The molecule has 0 fully saturated rings. The third-order valence-corrected chi connectivity index (χ3v) is 7.26. The Morgan fingerprint density at radius 1 is 1.12 bits per heavy atom. The second-order valence-electron chi connectivity index (χ2n) is 9.86. The van der Waals surface area contributed by atoms with Crippen molar-refractivity contribution in [3.05, 3.63) is 83.3 Å². The minimum Gasteiger partial charge on any atom is -0.433 e. The number of ether oxygens (including phenoxy) is 1. The Bertz CT molecular complexity index is 1780. The van der Waals surface area contributed by atoms with Crippen molar-refractivity contribution in [3.8, 4) is 17.3 Å². The van der Waals surface area contributed by atoms with Gasteiger partial charge in [-0.15, -0.1) is 0 Å². The summed E-state index contributed by atoms with van der Waals surface area (Å²) in [6, 6.07) is 10.7. The van der Waals surface area contributed by atoms with Crippen LogP contribution in [-0.2, 0) is 0 Å². The van der Waals surface area contributed by atoms with Gasteiger partial charge in [0.1, 0.15) is 5.82 Å². The second-order valence-corrected chi connectivity index (χ2v) is 9.86. The molecule has 12 heteroatoms. The highest BCUT2D eigenvalue weighted by molar-refractivity contribution is 6.14. The zero-order chi connectivity index (χ0) is 28.8. The third kappa shape index (κ3) is 4.51. The number of fused-ring (bicyclic) bond motifs is 3. The predicted molar refractivity (Wildman–Crippen MR) is 151 cm³/mol. The van der Waals surface area contributed by atoms with E-state index in [1.54, 1.807) is 6.92 Å². The van der Waals surface area contributed by atoms with Gasteiger partial charge in [-0.3, -0.25) is 4.79 Å². The van der Waals surface area contributed by atoms with Crippen molar-refractivity contribution in [2.45, 2.75) is 6.92 Å². The zero-order valence-corrected chi connectivity index (χ0v) is 22.4. The molecule has 0 saturated heterocycles. The number of nitrogen functional groups attached to an aromatic ring is 1. The molecule has 4 N–H and O–H groups in total. The SMILES string of the molecule is Cc1cc(Oc2c(F)cccc2F)ncc1-n1ncc(C(=O)c2cc3c4c(ccc3[nH]2)N(CCO)CCN4C)c1N. The quantitative estimate of drug-likeness (QED) is 0.254. The number of hydrogen-bond donors (Lipinski definition) is 3. The summed E-state index contributed by atoms with van der Waals surface area (Å²) < 4.78 is 34.7. The maximum absolute atomic E-state index is 14.0. The van der Waals surface area contributed by atoms with Crippen molar-refractivity contribution < 1.29 is 23.4 Å². The van der Waals surface area contributed by atoms with E-state index in [4.69, 9.17) is 10.5 Å². The van der Waals surface area contributed by atoms with E-state index < -0.39 is 17.4 Å². The molecule has 0 saturated carbocycles. The number of pyridine rings is 1. The highest BCUT2D eigenvalue weighted by atomic mass is 19.1. The van der Waals surface area contributed by atoms with E-state index in [0.717, 1.165) is 47.5 Å². The average Bonchev–Trinajstić information content (AvgIpc) is 3.56. The number of aryl methyl sites for hydroxylation is 1. The van der Waals surface area contributed by atoms with Crippen LogP contribution in [0.15, 0.2) is 54.9 Å². The van der Waals surface area contributed by atoms with Gasteiger partial charge in [-0.25, -0.2) is 18.4 Å². The van der Waals surface area contributed by atoms with Gasteiger partial charge in [0.2, 0.25) is 17.4 Å². The van der Waals surface area contributed by atoms with Crippen LogP contribution in [0.2, 0.25) is 0 Å². The molecule has 0 aliphatic carbocycles. The van der Waals surface area contributed by atoms with Crippen molar-refractivity contribution in [2.75, 3.05) is 48.8 Å². The fourth-order valence-electron chi connectivity index (χ4n) is 5.17. The topological polar surface area (TPSA) is 126 Å². The lowest BCUT2D eigenvalue weighted by molar-refractivity contribution is 0.103. The molecule has 210 valence electrons. The number of nitrogens with two attached hydrogens (primary N) is 1. The number of anilines is 3. The fourth-order valence-corrected chi connectivity index (χ4v) is 5.17. The maximum atomic E-state index is 14.0. The molecule has 41 heavy (non-hydrogen) atoms. The first-order valence-corrected chi connectivity index (χ1v) is 13.0. The summed E-state index contributed by atoms with van der Waals surface area (Å²) >= 11 is 0. The van der Waals surface area contributed by atoms with Gasteiger partial charge >= 0.3 is 0 Å². The van der Waals surface area contributed by atoms with Gasteiger partial charge in [-0.05, 0) is 42.8 Å². The first-order valence-electron chi connectivity index (χ1n) is 13.0. The van der Waals surface area contributed by atoms with E-state index >= 15 is 0 Å². The number of aliphatic hydroxyl groups is 1. The summed E-state index contributed by atoms with van der Waals surface area (Å²) in [6.07, 6.45) is 2.80. The summed E-state index contributed by atoms with van der Waals surface area (Å²) in [5.41, 5.74) is 10.8. The second kappa shape index (κ2) is 10.2. The number of benzene rings is 2. The lowest BCUT2D eigenvalue weighted by atomic mass is 10.1. The highest BCUT2D eigenvalue weighted by Gasteiger charge is 2.26. The van der Waals surface area contributed by atoms with E-state index in [-0.39, 0.29) is 29.7 Å². The molecule has 5 aromatic rings. The van der Waals surface area contributed by atoms with Crippen molar-refractivity contribution in [1.29, 1.82) is 0 Å². The van der Waals surface area contributed by atoms with Crippen LogP contribution >= 0.6 is 0 Å². The number of hydrogen-bond acceptors (Lipinski definition) is 8. The number of para-hydroxylation sites is 1. The van der Waals surface area contributed by atoms with Gasteiger partial charge in [0, 0.05) is 43.7 Å². The lowest BCUT2D eigenvalue weighted by Gasteiger charge is -2.37. The molecule has 0 unspecified atom stereocenters. The van der Waals surface area contributed by atoms with Crippen LogP contribution in [0.3, 0.4) is 0 Å². The first-order chi connectivity index (χ1) is 19.8. The van der Waals surface area contributed by atoms with Crippen LogP contribution in [-0.4, -0.2) is 63.9 Å². The molecule has 0 amide bonds. The van der Waals surface area contributed by atoms with Crippen LogP contribution in [0.25, 0.3) is 16.6 Å². The van der Waals surface area contributed by atoms with Gasteiger partial charge in [0.15, 0.2) is 11.6 Å².